The van der Waals surface area contributed by atoms with Crippen molar-refractivity contribution in [2.24, 2.45) is 0 Å². The van der Waals surface area contributed by atoms with Crippen molar-refractivity contribution in [2.45, 2.75) is 6.54 Å². The third-order valence-electron chi connectivity index (χ3n) is 2.41. The van der Waals surface area contributed by atoms with Gasteiger partial charge in [-0.3, -0.25) is 0 Å². The van der Waals surface area contributed by atoms with Crippen molar-refractivity contribution < 1.29 is 8.78 Å². The van der Waals surface area contributed by atoms with E-state index in [0.29, 0.717) is 16.3 Å². The fourth-order valence-electron chi connectivity index (χ4n) is 1.50. The Labute approximate surface area is 113 Å². The normalized spacial score (nSPS) is 10.4. The van der Waals surface area contributed by atoms with Gasteiger partial charge in [-0.25, -0.2) is 8.78 Å². The predicted molar refractivity (Wildman–Crippen MR) is 70.1 cm³/mol. The van der Waals surface area contributed by atoms with E-state index in [4.69, 9.17) is 23.2 Å². The van der Waals surface area contributed by atoms with Crippen LogP contribution in [0.1, 0.15) is 5.56 Å². The second kappa shape index (κ2) is 5.55. The maximum absolute atomic E-state index is 13.4. The van der Waals surface area contributed by atoms with Crippen LogP contribution in [0.2, 0.25) is 10.0 Å². The largest absolute Gasteiger partial charge is 0.380 e. The number of rotatable bonds is 3. The summed E-state index contributed by atoms with van der Waals surface area (Å²) in [7, 11) is 0. The summed E-state index contributed by atoms with van der Waals surface area (Å²) in [4.78, 5) is 0. The fourth-order valence-corrected chi connectivity index (χ4v) is 1.93. The van der Waals surface area contributed by atoms with E-state index >= 15 is 0 Å². The van der Waals surface area contributed by atoms with Crippen LogP contribution < -0.4 is 5.32 Å². The highest BCUT2D eigenvalue weighted by molar-refractivity contribution is 6.33. The number of halogens is 4. The molecule has 0 saturated heterocycles. The molecule has 0 atom stereocenters. The molecule has 0 fully saturated rings. The van der Waals surface area contributed by atoms with Crippen LogP contribution in [-0.4, -0.2) is 0 Å². The standard InChI is InChI=1S/C13H9Cl2F2N/c14-9-1-3-12(17)8(5-9)7-18-13-4-2-10(16)6-11(13)15/h1-6,18H,7H2. The zero-order valence-corrected chi connectivity index (χ0v) is 10.7. The van der Waals surface area contributed by atoms with Crippen LogP contribution in [0.3, 0.4) is 0 Å². The van der Waals surface area contributed by atoms with Gasteiger partial charge in [-0.1, -0.05) is 23.2 Å². The SMILES string of the molecule is Fc1ccc(NCc2cc(Cl)ccc2F)c(Cl)c1. The lowest BCUT2D eigenvalue weighted by Crippen LogP contribution is -2.02. The van der Waals surface area contributed by atoms with E-state index < -0.39 is 5.82 Å². The summed E-state index contributed by atoms with van der Waals surface area (Å²) in [6.45, 7) is 0.220. The topological polar surface area (TPSA) is 12.0 Å². The molecule has 0 aromatic heterocycles. The molecule has 2 rings (SSSR count). The first-order valence-electron chi connectivity index (χ1n) is 5.19. The molecule has 0 heterocycles. The molecule has 0 aliphatic heterocycles. The Morgan fingerprint density at radius 1 is 1.00 bits per heavy atom. The molecule has 2 aromatic rings. The van der Waals surface area contributed by atoms with E-state index in [1.165, 1.54) is 36.4 Å². The monoisotopic (exact) mass is 287 g/mol. The van der Waals surface area contributed by atoms with Gasteiger partial charge in [0.25, 0.3) is 0 Å². The average Bonchev–Trinajstić information content (AvgIpc) is 2.32. The van der Waals surface area contributed by atoms with Crippen molar-refractivity contribution in [1.82, 2.24) is 0 Å². The van der Waals surface area contributed by atoms with Crippen molar-refractivity contribution in [3.05, 3.63) is 63.6 Å². The quantitative estimate of drug-likeness (QED) is 0.848. The van der Waals surface area contributed by atoms with Crippen LogP contribution in [0.5, 0.6) is 0 Å². The molecule has 2 aromatic carbocycles. The highest BCUT2D eigenvalue weighted by Crippen LogP contribution is 2.24. The molecule has 5 heteroatoms. The smallest absolute Gasteiger partial charge is 0.128 e. The number of anilines is 1. The molecular formula is C13H9Cl2F2N. The van der Waals surface area contributed by atoms with E-state index in [1.807, 2.05) is 0 Å². The fraction of sp³-hybridized carbons (Fsp3) is 0.0769. The highest BCUT2D eigenvalue weighted by atomic mass is 35.5. The highest BCUT2D eigenvalue weighted by Gasteiger charge is 2.05. The summed E-state index contributed by atoms with van der Waals surface area (Å²) in [6, 6.07) is 8.28. The van der Waals surface area contributed by atoms with E-state index in [-0.39, 0.29) is 17.4 Å². The van der Waals surface area contributed by atoms with Gasteiger partial charge < -0.3 is 5.32 Å². The van der Waals surface area contributed by atoms with Crippen LogP contribution in [0.4, 0.5) is 14.5 Å². The van der Waals surface area contributed by atoms with Crippen molar-refractivity contribution in [1.29, 1.82) is 0 Å². The second-order valence-electron chi connectivity index (χ2n) is 3.71. The molecule has 0 amide bonds. The minimum absolute atomic E-state index is 0.220. The Kier molecular flexibility index (Phi) is 4.04. The number of hydrogen-bond acceptors (Lipinski definition) is 1. The Hall–Kier alpha value is -1.32. The summed E-state index contributed by atoms with van der Waals surface area (Å²) in [5.41, 5.74) is 0.959. The van der Waals surface area contributed by atoms with Crippen LogP contribution in [0.25, 0.3) is 0 Å². The molecule has 1 nitrogen and oxygen atoms in total. The van der Waals surface area contributed by atoms with Gasteiger partial charge in [0.15, 0.2) is 0 Å². The molecule has 94 valence electrons. The maximum atomic E-state index is 13.4. The molecule has 0 unspecified atom stereocenters. The number of nitrogens with one attached hydrogen (secondary N) is 1. The number of hydrogen-bond donors (Lipinski definition) is 1. The summed E-state index contributed by atoms with van der Waals surface area (Å²) in [5, 5.41) is 3.63. The minimum atomic E-state index is -0.417. The van der Waals surface area contributed by atoms with Gasteiger partial charge in [0.05, 0.1) is 10.7 Å². The zero-order valence-electron chi connectivity index (χ0n) is 9.18. The summed E-state index contributed by atoms with van der Waals surface area (Å²) in [5.74, 6) is -0.773. The van der Waals surface area contributed by atoms with E-state index in [0.717, 1.165) is 0 Å². The number of benzene rings is 2. The lowest BCUT2D eigenvalue weighted by Gasteiger charge is -2.09. The second-order valence-corrected chi connectivity index (χ2v) is 4.56. The van der Waals surface area contributed by atoms with Crippen LogP contribution >= 0.6 is 23.2 Å². The van der Waals surface area contributed by atoms with Crippen molar-refractivity contribution in [3.8, 4) is 0 Å². The molecule has 0 aliphatic rings. The Morgan fingerprint density at radius 2 is 1.78 bits per heavy atom. The van der Waals surface area contributed by atoms with Gasteiger partial charge in [-0.15, -0.1) is 0 Å². The van der Waals surface area contributed by atoms with Crippen molar-refractivity contribution >= 4 is 28.9 Å². The minimum Gasteiger partial charge on any atom is -0.380 e. The molecule has 0 radical (unpaired) electrons. The molecule has 1 N–H and O–H groups in total. The maximum Gasteiger partial charge on any atom is 0.128 e. The summed E-state index contributed by atoms with van der Waals surface area (Å²) >= 11 is 11.6. The van der Waals surface area contributed by atoms with Crippen molar-refractivity contribution in [2.75, 3.05) is 5.32 Å². The molecule has 0 bridgehead atoms. The molecule has 0 aliphatic carbocycles. The van der Waals surface area contributed by atoms with Crippen LogP contribution in [0.15, 0.2) is 36.4 Å². The molecule has 18 heavy (non-hydrogen) atoms. The third kappa shape index (κ3) is 3.12. The Balaban J connectivity index is 2.13. The van der Waals surface area contributed by atoms with Crippen LogP contribution in [0, 0.1) is 11.6 Å². The summed E-state index contributed by atoms with van der Waals surface area (Å²) in [6.07, 6.45) is 0. The third-order valence-corrected chi connectivity index (χ3v) is 2.96. The van der Waals surface area contributed by atoms with Gasteiger partial charge in [0.2, 0.25) is 0 Å². The van der Waals surface area contributed by atoms with Crippen molar-refractivity contribution in [3.63, 3.8) is 0 Å². The molecule has 0 spiro atoms. The first-order chi connectivity index (χ1) is 8.56. The van der Waals surface area contributed by atoms with E-state index in [1.54, 1.807) is 0 Å². The molecule has 0 saturated carbocycles. The lowest BCUT2D eigenvalue weighted by molar-refractivity contribution is 0.613. The van der Waals surface area contributed by atoms with E-state index in [2.05, 4.69) is 5.32 Å². The van der Waals surface area contributed by atoms with Crippen LogP contribution in [-0.2, 0) is 6.54 Å². The van der Waals surface area contributed by atoms with Gasteiger partial charge in [0, 0.05) is 17.1 Å². The lowest BCUT2D eigenvalue weighted by atomic mass is 10.2. The first kappa shape index (κ1) is 13.1. The van der Waals surface area contributed by atoms with E-state index in [9.17, 15) is 8.78 Å². The van der Waals surface area contributed by atoms with Gasteiger partial charge in [0.1, 0.15) is 11.6 Å². The van der Waals surface area contributed by atoms with Gasteiger partial charge >= 0.3 is 0 Å². The predicted octanol–water partition coefficient (Wildman–Crippen LogP) is 4.88. The first-order valence-corrected chi connectivity index (χ1v) is 5.95. The van der Waals surface area contributed by atoms with Gasteiger partial charge in [-0.2, -0.15) is 0 Å². The molecular weight excluding hydrogens is 279 g/mol. The zero-order chi connectivity index (χ0) is 13.1. The Bertz CT molecular complexity index is 573. The average molecular weight is 288 g/mol. The Morgan fingerprint density at radius 3 is 2.50 bits per heavy atom. The summed E-state index contributed by atoms with van der Waals surface area (Å²) < 4.78 is 26.3. The van der Waals surface area contributed by atoms with Gasteiger partial charge in [-0.05, 0) is 36.4 Å².